The summed E-state index contributed by atoms with van der Waals surface area (Å²) >= 11 is 0. The molecule has 0 fully saturated rings. The van der Waals surface area contributed by atoms with Crippen LogP contribution in [0.2, 0.25) is 0 Å². The number of aromatic nitrogens is 1. The van der Waals surface area contributed by atoms with Crippen LogP contribution in [0.25, 0.3) is 22.0 Å². The van der Waals surface area contributed by atoms with E-state index in [-0.39, 0.29) is 17.2 Å². The molecule has 234 valence electrons. The third kappa shape index (κ3) is 6.36. The molecular weight excluding hydrogens is 605 g/mol. The molecule has 0 saturated heterocycles. The Morgan fingerprint density at radius 2 is 1.58 bits per heavy atom. The second kappa shape index (κ2) is 11.8. The Bertz CT molecular complexity index is 2000. The van der Waals surface area contributed by atoms with Crippen LogP contribution < -0.4 is 0 Å². The molecule has 45 heavy (non-hydrogen) atoms. The smallest absolute Gasteiger partial charge is 0.449 e. The average Bonchev–Trinajstić information content (AvgIpc) is 3.47. The lowest BCUT2D eigenvalue weighted by atomic mass is 9.83. The molecule has 3 aromatic carbocycles. The summed E-state index contributed by atoms with van der Waals surface area (Å²) in [6, 6.07) is 23.0. The highest BCUT2D eigenvalue weighted by molar-refractivity contribution is 7.89. The maximum atomic E-state index is 14.4. The second-order valence-electron chi connectivity index (χ2n) is 11.4. The van der Waals surface area contributed by atoms with Crippen LogP contribution in [0.15, 0.2) is 94.2 Å². The number of benzene rings is 3. The van der Waals surface area contributed by atoms with Crippen LogP contribution in [-0.2, 0) is 39.5 Å². The normalized spacial score (nSPS) is 12.6. The minimum atomic E-state index is -4.72. The Labute approximate surface area is 259 Å². The topological polar surface area (TPSA) is 101 Å². The largest absolute Gasteiger partial charge is 0.481 e. The number of aryl methyl sites for hydroxylation is 1. The number of furan rings is 1. The van der Waals surface area contributed by atoms with Crippen molar-refractivity contribution in [2.45, 2.75) is 57.3 Å². The first-order valence-electron chi connectivity index (χ1n) is 14.0. The maximum absolute atomic E-state index is 14.4. The number of fused-ring (bicyclic) bond motifs is 1. The van der Waals surface area contributed by atoms with Crippen molar-refractivity contribution in [1.82, 2.24) is 9.29 Å². The van der Waals surface area contributed by atoms with E-state index in [0.29, 0.717) is 33.3 Å². The van der Waals surface area contributed by atoms with Crippen molar-refractivity contribution in [3.8, 4) is 11.1 Å². The Balaban J connectivity index is 1.54. The molecule has 0 atom stereocenters. The quantitative estimate of drug-likeness (QED) is 0.177. The van der Waals surface area contributed by atoms with Crippen LogP contribution in [0.5, 0.6) is 0 Å². The molecule has 5 aromatic rings. The summed E-state index contributed by atoms with van der Waals surface area (Å²) in [5.41, 5.74) is 3.10. The van der Waals surface area contributed by atoms with E-state index in [2.05, 4.69) is 4.98 Å². The summed E-state index contributed by atoms with van der Waals surface area (Å²) in [6.07, 6.45) is -4.72. The van der Waals surface area contributed by atoms with Gasteiger partial charge in [0.15, 0.2) is 0 Å². The SMILES string of the molecule is Cc1nc2ccccc2c(S(=O)(=O)N(Cc2ccc(-c3cccc(C(C)(C)C(=O)O)c3)cc2)Cc2ccc(C(F)(F)F)o2)c1C. The van der Waals surface area contributed by atoms with Crippen molar-refractivity contribution in [3.63, 3.8) is 0 Å². The fourth-order valence-corrected chi connectivity index (χ4v) is 6.95. The Kier molecular flexibility index (Phi) is 8.37. The molecule has 0 aliphatic carbocycles. The summed E-state index contributed by atoms with van der Waals surface area (Å²) in [4.78, 5) is 16.3. The molecular formula is C34H31F3N2O5S. The molecule has 0 radical (unpaired) electrons. The maximum Gasteiger partial charge on any atom is 0.449 e. The van der Waals surface area contributed by atoms with Gasteiger partial charge in [0.1, 0.15) is 5.76 Å². The number of carboxylic acids is 1. The Morgan fingerprint density at radius 1 is 0.889 bits per heavy atom. The van der Waals surface area contributed by atoms with Crippen LogP contribution in [0.3, 0.4) is 0 Å². The minimum absolute atomic E-state index is 0.0303. The number of carboxylic acid groups (broad SMARTS) is 1. The number of aliphatic carboxylic acids is 1. The van der Waals surface area contributed by atoms with Crippen LogP contribution >= 0.6 is 0 Å². The van der Waals surface area contributed by atoms with E-state index in [1.54, 1.807) is 94.4 Å². The van der Waals surface area contributed by atoms with Crippen molar-refractivity contribution in [2.24, 2.45) is 0 Å². The molecule has 0 aliphatic rings. The van der Waals surface area contributed by atoms with Crippen LogP contribution in [0, 0.1) is 13.8 Å². The zero-order valence-electron chi connectivity index (χ0n) is 25.0. The number of halogens is 3. The number of carbonyl (C=O) groups is 1. The molecule has 0 amide bonds. The van der Waals surface area contributed by atoms with Crippen LogP contribution in [0.1, 0.15) is 47.8 Å². The first-order chi connectivity index (χ1) is 21.1. The van der Waals surface area contributed by atoms with Gasteiger partial charge < -0.3 is 9.52 Å². The van der Waals surface area contributed by atoms with E-state index in [1.807, 2.05) is 6.07 Å². The molecule has 7 nitrogen and oxygen atoms in total. The first kappa shape index (κ1) is 31.9. The lowest BCUT2D eigenvalue weighted by molar-refractivity contribution is -0.153. The van der Waals surface area contributed by atoms with Gasteiger partial charge in [0.2, 0.25) is 15.8 Å². The molecule has 0 spiro atoms. The van der Waals surface area contributed by atoms with Crippen molar-refractivity contribution in [1.29, 1.82) is 0 Å². The molecule has 5 rings (SSSR count). The van der Waals surface area contributed by atoms with Gasteiger partial charge in [-0.2, -0.15) is 17.5 Å². The van der Waals surface area contributed by atoms with E-state index >= 15 is 0 Å². The Morgan fingerprint density at radius 3 is 2.22 bits per heavy atom. The summed E-state index contributed by atoms with van der Waals surface area (Å²) in [6.45, 7) is 6.01. The lowest BCUT2D eigenvalue weighted by Crippen LogP contribution is -2.31. The number of nitrogens with zero attached hydrogens (tertiary/aromatic N) is 2. The first-order valence-corrected chi connectivity index (χ1v) is 15.5. The molecule has 11 heteroatoms. The zero-order chi connectivity index (χ0) is 32.7. The second-order valence-corrected chi connectivity index (χ2v) is 13.3. The van der Waals surface area contributed by atoms with E-state index in [9.17, 15) is 31.5 Å². The van der Waals surface area contributed by atoms with Gasteiger partial charge in [0, 0.05) is 17.6 Å². The lowest BCUT2D eigenvalue weighted by Gasteiger charge is -2.24. The monoisotopic (exact) mass is 636 g/mol. The molecule has 1 N–H and O–H groups in total. The number of sulfonamides is 1. The van der Waals surface area contributed by atoms with Gasteiger partial charge in [0.05, 0.1) is 22.4 Å². The van der Waals surface area contributed by atoms with Crippen molar-refractivity contribution in [2.75, 3.05) is 0 Å². The molecule has 0 unspecified atom stereocenters. The van der Waals surface area contributed by atoms with Gasteiger partial charge >= 0.3 is 12.1 Å². The summed E-state index contributed by atoms with van der Waals surface area (Å²) in [7, 11) is -4.30. The number of para-hydroxylation sites is 1. The number of rotatable bonds is 9. The van der Waals surface area contributed by atoms with Gasteiger partial charge in [-0.1, -0.05) is 66.7 Å². The molecule has 0 saturated carbocycles. The van der Waals surface area contributed by atoms with Gasteiger partial charge in [-0.15, -0.1) is 0 Å². The standard InChI is InChI=1S/C34H31F3N2O5S/c1-21-22(2)38-29-11-6-5-10-28(29)31(21)45(42,43)39(20-27-16-17-30(44-27)34(35,36)37)19-23-12-14-24(15-13-23)25-8-7-9-26(18-25)33(3,4)32(40)41/h5-18H,19-20H2,1-4H3,(H,40,41). The molecule has 2 heterocycles. The van der Waals surface area contributed by atoms with Gasteiger partial charge in [-0.05, 0) is 73.7 Å². The van der Waals surface area contributed by atoms with E-state index in [4.69, 9.17) is 4.42 Å². The molecule has 0 bridgehead atoms. The summed E-state index contributed by atoms with van der Waals surface area (Å²) in [5, 5.41) is 10.0. The molecule has 2 aromatic heterocycles. The third-order valence-electron chi connectivity index (χ3n) is 7.96. The van der Waals surface area contributed by atoms with Crippen molar-refractivity contribution >= 4 is 26.9 Å². The average molecular weight is 637 g/mol. The highest BCUT2D eigenvalue weighted by Crippen LogP contribution is 2.35. The predicted molar refractivity (Wildman–Crippen MR) is 164 cm³/mol. The fraction of sp³-hybridized carbons (Fsp3) is 0.235. The Hall–Kier alpha value is -4.48. The highest BCUT2D eigenvalue weighted by Gasteiger charge is 2.36. The minimum Gasteiger partial charge on any atom is -0.481 e. The fourth-order valence-electron chi connectivity index (χ4n) is 5.09. The van der Waals surface area contributed by atoms with E-state index in [1.165, 1.54) is 0 Å². The van der Waals surface area contributed by atoms with Gasteiger partial charge in [0.25, 0.3) is 0 Å². The third-order valence-corrected chi connectivity index (χ3v) is 9.94. The van der Waals surface area contributed by atoms with Crippen molar-refractivity contribution < 1.29 is 35.9 Å². The predicted octanol–water partition coefficient (Wildman–Crippen LogP) is 7.88. The number of hydrogen-bond acceptors (Lipinski definition) is 5. The summed E-state index contributed by atoms with van der Waals surface area (Å²) in [5.74, 6) is -2.33. The zero-order valence-corrected chi connectivity index (χ0v) is 25.8. The van der Waals surface area contributed by atoms with Gasteiger partial charge in [-0.25, -0.2) is 8.42 Å². The van der Waals surface area contributed by atoms with Crippen LogP contribution in [0.4, 0.5) is 13.2 Å². The highest BCUT2D eigenvalue weighted by atomic mass is 32.2. The van der Waals surface area contributed by atoms with Gasteiger partial charge in [-0.3, -0.25) is 9.78 Å². The summed E-state index contributed by atoms with van der Waals surface area (Å²) < 4.78 is 74.8. The number of alkyl halides is 3. The van der Waals surface area contributed by atoms with E-state index in [0.717, 1.165) is 27.6 Å². The number of pyridine rings is 1. The number of hydrogen-bond donors (Lipinski definition) is 1. The molecule has 0 aliphatic heterocycles. The van der Waals surface area contributed by atoms with Crippen LogP contribution in [-0.4, -0.2) is 28.8 Å². The van der Waals surface area contributed by atoms with Crippen molar-refractivity contribution in [3.05, 3.63) is 119 Å². The van der Waals surface area contributed by atoms with E-state index < -0.39 is 39.9 Å².